The molecule has 10 nitrogen and oxygen atoms in total. The van der Waals surface area contributed by atoms with Crippen LogP contribution in [0, 0.1) is 12.8 Å². The summed E-state index contributed by atoms with van der Waals surface area (Å²) in [4.78, 5) is 19.3. The first-order chi connectivity index (χ1) is 18.4. The van der Waals surface area contributed by atoms with Gasteiger partial charge in [-0.3, -0.25) is 4.98 Å². The Kier molecular flexibility index (Phi) is 7.06. The van der Waals surface area contributed by atoms with E-state index in [0.29, 0.717) is 41.7 Å². The topological polar surface area (TPSA) is 140 Å². The van der Waals surface area contributed by atoms with Gasteiger partial charge in [-0.05, 0) is 70.2 Å². The van der Waals surface area contributed by atoms with Gasteiger partial charge in [0, 0.05) is 25.2 Å². The number of aromatic nitrogens is 4. The molecule has 38 heavy (non-hydrogen) atoms. The van der Waals surface area contributed by atoms with Crippen LogP contribution in [-0.4, -0.2) is 72.6 Å². The molecule has 0 aromatic carbocycles. The predicted molar refractivity (Wildman–Crippen MR) is 154 cm³/mol. The van der Waals surface area contributed by atoms with E-state index >= 15 is 0 Å². The first-order valence-corrected chi connectivity index (χ1v) is 14.7. The van der Waals surface area contributed by atoms with Crippen LogP contribution in [-0.2, 0) is 0 Å². The lowest BCUT2D eigenvalue weighted by molar-refractivity contribution is 0.0293. The van der Waals surface area contributed by atoms with Gasteiger partial charge in [0.25, 0.3) is 0 Å². The summed E-state index contributed by atoms with van der Waals surface area (Å²) in [5.41, 5.74) is 3.64. The highest BCUT2D eigenvalue weighted by Crippen LogP contribution is 2.44. The average Bonchev–Trinajstić information content (AvgIpc) is 3.82. The maximum atomic E-state index is 10.9. The number of fused-ring (bicyclic) bond motifs is 1. The fraction of sp³-hybridized carbons (Fsp3) is 0.577. The van der Waals surface area contributed by atoms with Gasteiger partial charge in [0.05, 0.1) is 33.7 Å². The molecule has 0 amide bonds. The zero-order valence-corrected chi connectivity index (χ0v) is 23.2. The van der Waals surface area contributed by atoms with Crippen LogP contribution in [0.3, 0.4) is 0 Å². The number of hydrogen-bond acceptors (Lipinski definition) is 10. The number of anilines is 2. The molecule has 3 aliphatic carbocycles. The van der Waals surface area contributed by atoms with Gasteiger partial charge in [-0.2, -0.15) is 4.98 Å². The number of pyridine rings is 1. The number of aliphatic hydroxyl groups excluding tert-OH is 2. The van der Waals surface area contributed by atoms with Crippen LogP contribution in [0.5, 0.6) is 0 Å². The van der Waals surface area contributed by atoms with Crippen molar-refractivity contribution in [2.24, 2.45) is 5.92 Å². The Labute approximate surface area is 231 Å². The summed E-state index contributed by atoms with van der Waals surface area (Å²) in [7, 11) is 0. The molecule has 0 aliphatic heterocycles. The number of aliphatic hydroxyl groups is 2. The molecular formula is C26H34N8O2S2. The van der Waals surface area contributed by atoms with E-state index in [4.69, 9.17) is 27.2 Å². The third-order valence-electron chi connectivity index (χ3n) is 7.51. The highest BCUT2D eigenvalue weighted by molar-refractivity contribution is 7.80. The Morgan fingerprint density at radius 3 is 2.63 bits per heavy atom. The summed E-state index contributed by atoms with van der Waals surface area (Å²) in [6.07, 6.45) is 5.14. The molecule has 0 spiro atoms. The van der Waals surface area contributed by atoms with E-state index in [0.717, 1.165) is 51.6 Å². The van der Waals surface area contributed by atoms with Crippen LogP contribution in [0.25, 0.3) is 20.8 Å². The van der Waals surface area contributed by atoms with Crippen LogP contribution in [0.1, 0.15) is 56.3 Å². The Morgan fingerprint density at radius 1 is 1.11 bits per heavy atom. The fourth-order valence-electron chi connectivity index (χ4n) is 5.08. The van der Waals surface area contributed by atoms with Gasteiger partial charge >= 0.3 is 0 Å². The largest absolute Gasteiger partial charge is 0.388 e. The van der Waals surface area contributed by atoms with E-state index in [1.807, 2.05) is 26.1 Å². The standard InChI is InChI=1S/C26H34N8O2S2/c1-3-27-26(37)32-16-10-15(21(35)22(16)36)31-23-18(12(2)30-25(34-23)29-11-13-4-5-13)24-33-20-17(38-24)8-9-28-19(20)14-6-7-14/h8-9,13-16,21-22,35-36H,3-7,10-11H2,1-2H3,(H2,27,32,37)(H2,29,30,31,34)/t15-,16+,21+,22-/m1/s1. The summed E-state index contributed by atoms with van der Waals surface area (Å²) in [5.74, 6) is 2.32. The van der Waals surface area contributed by atoms with Crippen molar-refractivity contribution in [1.82, 2.24) is 30.6 Å². The lowest BCUT2D eigenvalue weighted by Gasteiger charge is -2.21. The Morgan fingerprint density at radius 2 is 1.89 bits per heavy atom. The highest BCUT2D eigenvalue weighted by Gasteiger charge is 2.42. The zero-order chi connectivity index (χ0) is 26.4. The lowest BCUT2D eigenvalue weighted by Crippen LogP contribution is -2.47. The highest BCUT2D eigenvalue weighted by atomic mass is 32.1. The Bertz CT molecular complexity index is 1340. The third kappa shape index (κ3) is 5.27. The van der Waals surface area contributed by atoms with Crippen LogP contribution in [0.4, 0.5) is 11.8 Å². The molecule has 0 radical (unpaired) electrons. The molecule has 3 aromatic rings. The van der Waals surface area contributed by atoms with Gasteiger partial charge < -0.3 is 31.5 Å². The minimum Gasteiger partial charge on any atom is -0.388 e. The maximum absolute atomic E-state index is 10.9. The summed E-state index contributed by atoms with van der Waals surface area (Å²) in [5, 5.41) is 36.0. The summed E-state index contributed by atoms with van der Waals surface area (Å²) in [6.45, 7) is 5.45. The molecule has 3 aromatic heterocycles. The van der Waals surface area contributed by atoms with Crippen molar-refractivity contribution in [2.75, 3.05) is 23.7 Å². The lowest BCUT2D eigenvalue weighted by atomic mass is 10.1. The molecular weight excluding hydrogens is 520 g/mol. The molecule has 0 unspecified atom stereocenters. The van der Waals surface area contributed by atoms with Crippen molar-refractivity contribution in [2.45, 2.75) is 76.2 Å². The predicted octanol–water partition coefficient (Wildman–Crippen LogP) is 2.91. The number of aryl methyl sites for hydroxylation is 1. The van der Waals surface area contributed by atoms with Crippen LogP contribution in [0.2, 0.25) is 0 Å². The van der Waals surface area contributed by atoms with E-state index in [1.165, 1.54) is 12.8 Å². The summed E-state index contributed by atoms with van der Waals surface area (Å²) < 4.78 is 1.09. The van der Waals surface area contributed by atoms with E-state index < -0.39 is 18.2 Å². The van der Waals surface area contributed by atoms with Crippen LogP contribution in [0.15, 0.2) is 12.3 Å². The maximum Gasteiger partial charge on any atom is 0.224 e. The second-order valence-corrected chi connectivity index (χ2v) is 12.0. The first kappa shape index (κ1) is 25.6. The quantitative estimate of drug-likeness (QED) is 0.218. The Hall–Kier alpha value is -2.67. The molecule has 0 bridgehead atoms. The van der Waals surface area contributed by atoms with Gasteiger partial charge in [-0.15, -0.1) is 11.3 Å². The average molecular weight is 555 g/mol. The first-order valence-electron chi connectivity index (χ1n) is 13.5. The van der Waals surface area contributed by atoms with Crippen molar-refractivity contribution in [1.29, 1.82) is 0 Å². The van der Waals surface area contributed by atoms with Crippen LogP contribution < -0.4 is 21.3 Å². The summed E-state index contributed by atoms with van der Waals surface area (Å²) in [6, 6.07) is 1.19. The molecule has 12 heteroatoms. The zero-order valence-electron chi connectivity index (χ0n) is 21.6. The second-order valence-electron chi connectivity index (χ2n) is 10.6. The van der Waals surface area contributed by atoms with E-state index in [9.17, 15) is 10.2 Å². The van der Waals surface area contributed by atoms with Crippen LogP contribution >= 0.6 is 23.6 Å². The number of rotatable bonds is 9. The Balaban J connectivity index is 1.33. The van der Waals surface area contributed by atoms with Gasteiger partial charge in [-0.1, -0.05) is 0 Å². The molecule has 3 heterocycles. The van der Waals surface area contributed by atoms with E-state index in [2.05, 4.69) is 26.3 Å². The molecule has 4 atom stereocenters. The van der Waals surface area contributed by atoms with Gasteiger partial charge in [-0.25, -0.2) is 9.97 Å². The molecule has 3 fully saturated rings. The summed E-state index contributed by atoms with van der Waals surface area (Å²) >= 11 is 6.92. The van der Waals surface area contributed by atoms with Gasteiger partial charge in [0.1, 0.15) is 28.6 Å². The van der Waals surface area contributed by atoms with E-state index in [1.54, 1.807) is 11.3 Å². The third-order valence-corrected chi connectivity index (χ3v) is 8.81. The molecule has 3 aliphatic rings. The molecule has 6 N–H and O–H groups in total. The minimum atomic E-state index is -0.996. The molecule has 3 saturated carbocycles. The van der Waals surface area contributed by atoms with Crippen molar-refractivity contribution in [3.63, 3.8) is 0 Å². The van der Waals surface area contributed by atoms with Crippen molar-refractivity contribution in [3.8, 4) is 10.6 Å². The number of thiocarbonyl (C=S) groups is 1. The fourth-order valence-corrected chi connectivity index (χ4v) is 6.44. The second kappa shape index (κ2) is 10.5. The number of nitrogens with zero attached hydrogens (tertiary/aromatic N) is 4. The van der Waals surface area contributed by atoms with Gasteiger partial charge in [0.2, 0.25) is 5.95 Å². The van der Waals surface area contributed by atoms with Crippen molar-refractivity contribution < 1.29 is 10.2 Å². The van der Waals surface area contributed by atoms with Crippen molar-refractivity contribution >= 4 is 50.6 Å². The number of hydrogen-bond donors (Lipinski definition) is 6. The van der Waals surface area contributed by atoms with Gasteiger partial charge in [0.15, 0.2) is 5.11 Å². The normalized spacial score (nSPS) is 24.9. The minimum absolute atomic E-state index is 0.387. The smallest absolute Gasteiger partial charge is 0.224 e. The van der Waals surface area contributed by atoms with E-state index in [-0.39, 0.29) is 6.04 Å². The molecule has 0 saturated heterocycles. The number of nitrogens with one attached hydrogen (secondary N) is 4. The molecule has 202 valence electrons. The monoisotopic (exact) mass is 554 g/mol. The molecule has 6 rings (SSSR count). The number of thiazole rings is 1. The van der Waals surface area contributed by atoms with Crippen molar-refractivity contribution in [3.05, 3.63) is 23.7 Å². The SMILES string of the molecule is CCNC(=S)N[C@H]1C[C@@H](Nc2nc(NCC3CC3)nc(C)c2-c2nc3c(C4CC4)nccc3s2)[C@H](O)[C@@H]1O.